The van der Waals surface area contributed by atoms with E-state index in [4.69, 9.17) is 9.84 Å². The lowest BCUT2D eigenvalue weighted by Gasteiger charge is -2.35. The second kappa shape index (κ2) is 6.93. The molecular formula is C15H19NO4. The Morgan fingerprint density at radius 3 is 2.60 bits per heavy atom. The monoisotopic (exact) mass is 277 g/mol. The van der Waals surface area contributed by atoms with Gasteiger partial charge in [-0.25, -0.2) is 4.79 Å². The van der Waals surface area contributed by atoms with Crippen molar-refractivity contribution >= 4 is 12.1 Å². The molecule has 1 aliphatic rings. The van der Waals surface area contributed by atoms with Gasteiger partial charge in [-0.05, 0) is 30.7 Å². The van der Waals surface area contributed by atoms with Crippen LogP contribution < -0.4 is 5.32 Å². The van der Waals surface area contributed by atoms with Crippen LogP contribution in [0.5, 0.6) is 0 Å². The Morgan fingerprint density at radius 1 is 1.25 bits per heavy atom. The van der Waals surface area contributed by atoms with Gasteiger partial charge in [-0.15, -0.1) is 0 Å². The summed E-state index contributed by atoms with van der Waals surface area (Å²) >= 11 is 0. The molecule has 0 aliphatic heterocycles. The van der Waals surface area contributed by atoms with Crippen molar-refractivity contribution in [2.24, 2.45) is 5.92 Å². The molecule has 0 unspecified atom stereocenters. The second-order valence-electron chi connectivity index (χ2n) is 5.17. The number of hydrogen-bond donors (Lipinski definition) is 2. The number of hydrogen-bond acceptors (Lipinski definition) is 3. The van der Waals surface area contributed by atoms with Gasteiger partial charge in [0, 0.05) is 12.5 Å². The molecule has 0 heterocycles. The normalized spacial score (nSPS) is 20.8. The average molecular weight is 277 g/mol. The van der Waals surface area contributed by atoms with Crippen LogP contribution in [0.15, 0.2) is 30.3 Å². The molecule has 0 saturated heterocycles. The van der Waals surface area contributed by atoms with E-state index in [9.17, 15) is 9.59 Å². The van der Waals surface area contributed by atoms with Crippen LogP contribution in [0.1, 0.15) is 31.2 Å². The third-order valence-electron chi connectivity index (χ3n) is 3.54. The van der Waals surface area contributed by atoms with Crippen molar-refractivity contribution in [1.82, 2.24) is 5.32 Å². The minimum atomic E-state index is -0.760. The number of aliphatic carboxylic acids is 1. The first kappa shape index (κ1) is 14.4. The lowest BCUT2D eigenvalue weighted by atomic mass is 9.77. The average Bonchev–Trinajstić information content (AvgIpc) is 2.39. The Kier molecular flexibility index (Phi) is 4.98. The first-order valence-corrected chi connectivity index (χ1v) is 6.82. The van der Waals surface area contributed by atoms with Gasteiger partial charge >= 0.3 is 12.1 Å². The number of carboxylic acids is 1. The predicted octanol–water partition coefficient (Wildman–Crippen LogP) is 2.56. The minimum Gasteiger partial charge on any atom is -0.481 e. The molecule has 1 aliphatic carbocycles. The topological polar surface area (TPSA) is 75.6 Å². The lowest BCUT2D eigenvalue weighted by molar-refractivity contribution is -0.137. The molecule has 2 N–H and O–H groups in total. The van der Waals surface area contributed by atoms with E-state index in [1.165, 1.54) is 0 Å². The van der Waals surface area contributed by atoms with Crippen molar-refractivity contribution in [2.75, 3.05) is 0 Å². The lowest BCUT2D eigenvalue weighted by Crippen LogP contribution is -2.44. The summed E-state index contributed by atoms with van der Waals surface area (Å²) in [4.78, 5) is 22.0. The third-order valence-corrected chi connectivity index (χ3v) is 3.54. The summed E-state index contributed by atoms with van der Waals surface area (Å²) in [5, 5.41) is 11.4. The standard InChI is InChI=1S/C15H19NO4/c17-14(18)7-6-12-8-13(9-12)16-15(19)20-10-11-4-2-1-3-5-11/h1-5,12-13H,6-10H2,(H,16,19)(H,17,18). The molecule has 2 rings (SSSR count). The maximum absolute atomic E-state index is 11.6. The van der Waals surface area contributed by atoms with E-state index in [0.717, 1.165) is 18.4 Å². The van der Waals surface area contributed by atoms with Gasteiger partial charge in [-0.1, -0.05) is 30.3 Å². The quantitative estimate of drug-likeness (QED) is 0.838. The van der Waals surface area contributed by atoms with Crippen molar-refractivity contribution in [3.63, 3.8) is 0 Å². The van der Waals surface area contributed by atoms with Crippen LogP contribution in [0.4, 0.5) is 4.79 Å². The van der Waals surface area contributed by atoms with Crippen molar-refractivity contribution in [1.29, 1.82) is 0 Å². The summed E-state index contributed by atoms with van der Waals surface area (Å²) in [5.74, 6) is -0.353. The summed E-state index contributed by atoms with van der Waals surface area (Å²) in [6, 6.07) is 9.63. The maximum atomic E-state index is 11.6. The maximum Gasteiger partial charge on any atom is 0.407 e. The highest BCUT2D eigenvalue weighted by molar-refractivity contribution is 5.68. The molecule has 5 heteroatoms. The molecule has 5 nitrogen and oxygen atoms in total. The largest absolute Gasteiger partial charge is 0.481 e. The Hall–Kier alpha value is -2.04. The SMILES string of the molecule is O=C(O)CCC1CC(NC(=O)OCc2ccccc2)C1. The number of carbonyl (C=O) groups is 2. The molecule has 108 valence electrons. The van der Waals surface area contributed by atoms with E-state index in [1.807, 2.05) is 30.3 Å². The van der Waals surface area contributed by atoms with E-state index in [0.29, 0.717) is 12.3 Å². The number of nitrogens with one attached hydrogen (secondary N) is 1. The number of alkyl carbamates (subject to hydrolysis) is 1. The first-order chi connectivity index (χ1) is 9.63. The molecule has 20 heavy (non-hydrogen) atoms. The van der Waals surface area contributed by atoms with E-state index in [2.05, 4.69) is 5.32 Å². The van der Waals surface area contributed by atoms with Crippen LogP contribution in [0, 0.1) is 5.92 Å². The fourth-order valence-electron chi connectivity index (χ4n) is 2.35. The number of ether oxygens (including phenoxy) is 1. The third kappa shape index (κ3) is 4.57. The highest BCUT2D eigenvalue weighted by atomic mass is 16.5. The zero-order chi connectivity index (χ0) is 14.4. The molecule has 0 aromatic heterocycles. The molecule has 1 fully saturated rings. The Balaban J connectivity index is 1.59. The zero-order valence-electron chi connectivity index (χ0n) is 11.2. The van der Waals surface area contributed by atoms with Crippen LogP contribution in [-0.2, 0) is 16.1 Å². The molecule has 1 aromatic carbocycles. The van der Waals surface area contributed by atoms with Crippen LogP contribution >= 0.6 is 0 Å². The highest BCUT2D eigenvalue weighted by Gasteiger charge is 2.30. The minimum absolute atomic E-state index is 0.122. The van der Waals surface area contributed by atoms with Crippen LogP contribution in [0.25, 0.3) is 0 Å². The molecule has 1 saturated carbocycles. The van der Waals surface area contributed by atoms with Gasteiger partial charge in [-0.3, -0.25) is 4.79 Å². The number of carbonyl (C=O) groups excluding carboxylic acids is 1. The number of amides is 1. The van der Waals surface area contributed by atoms with Gasteiger partial charge in [0.05, 0.1) is 0 Å². The van der Waals surface area contributed by atoms with Crippen LogP contribution in [0.3, 0.4) is 0 Å². The summed E-state index contributed by atoms with van der Waals surface area (Å²) in [7, 11) is 0. The summed E-state index contributed by atoms with van der Waals surface area (Å²) in [5.41, 5.74) is 0.954. The highest BCUT2D eigenvalue weighted by Crippen LogP contribution is 2.31. The van der Waals surface area contributed by atoms with E-state index in [-0.39, 0.29) is 19.1 Å². The summed E-state index contributed by atoms with van der Waals surface area (Å²) in [6.45, 7) is 0.266. The van der Waals surface area contributed by atoms with Crippen molar-refractivity contribution in [3.05, 3.63) is 35.9 Å². The molecule has 0 bridgehead atoms. The molecule has 1 amide bonds. The summed E-state index contributed by atoms with van der Waals surface area (Å²) < 4.78 is 5.12. The molecule has 0 spiro atoms. The van der Waals surface area contributed by atoms with Gasteiger partial charge < -0.3 is 15.2 Å². The van der Waals surface area contributed by atoms with Gasteiger partial charge in [0.15, 0.2) is 0 Å². The second-order valence-corrected chi connectivity index (χ2v) is 5.17. The van der Waals surface area contributed by atoms with E-state index in [1.54, 1.807) is 0 Å². The fourth-order valence-corrected chi connectivity index (χ4v) is 2.35. The number of rotatable bonds is 6. The fraction of sp³-hybridized carbons (Fsp3) is 0.467. The molecular weight excluding hydrogens is 258 g/mol. The van der Waals surface area contributed by atoms with Crippen LogP contribution in [0.2, 0.25) is 0 Å². The van der Waals surface area contributed by atoms with Crippen molar-refractivity contribution < 1.29 is 19.4 Å². The first-order valence-electron chi connectivity index (χ1n) is 6.82. The Labute approximate surface area is 117 Å². The van der Waals surface area contributed by atoms with Crippen LogP contribution in [-0.4, -0.2) is 23.2 Å². The zero-order valence-corrected chi connectivity index (χ0v) is 11.2. The smallest absolute Gasteiger partial charge is 0.407 e. The predicted molar refractivity (Wildman–Crippen MR) is 73.1 cm³/mol. The number of carboxylic acid groups (broad SMARTS) is 1. The van der Waals surface area contributed by atoms with Crippen molar-refractivity contribution in [2.45, 2.75) is 38.3 Å². The van der Waals surface area contributed by atoms with Gasteiger partial charge in [0.1, 0.15) is 6.61 Å². The van der Waals surface area contributed by atoms with E-state index >= 15 is 0 Å². The molecule has 0 atom stereocenters. The van der Waals surface area contributed by atoms with E-state index < -0.39 is 12.1 Å². The Morgan fingerprint density at radius 2 is 1.95 bits per heavy atom. The van der Waals surface area contributed by atoms with Gasteiger partial charge in [0.25, 0.3) is 0 Å². The van der Waals surface area contributed by atoms with Gasteiger partial charge in [0.2, 0.25) is 0 Å². The van der Waals surface area contributed by atoms with Gasteiger partial charge in [-0.2, -0.15) is 0 Å². The molecule has 1 aromatic rings. The summed E-state index contributed by atoms with van der Waals surface area (Å²) in [6.07, 6.45) is 2.17. The Bertz CT molecular complexity index is 454. The molecule has 0 radical (unpaired) electrons. The van der Waals surface area contributed by atoms with Crippen molar-refractivity contribution in [3.8, 4) is 0 Å². The number of benzene rings is 1.